The molecule has 1 amide bonds. The van der Waals surface area contributed by atoms with Crippen LogP contribution in [0.1, 0.15) is 18.4 Å². The molecule has 0 bridgehead atoms. The van der Waals surface area contributed by atoms with E-state index in [1.807, 2.05) is 6.92 Å². The van der Waals surface area contributed by atoms with Crippen LogP contribution >= 0.6 is 0 Å². The number of amides is 1. The molecule has 3 aromatic rings. The van der Waals surface area contributed by atoms with E-state index >= 15 is 0 Å². The lowest BCUT2D eigenvalue weighted by Crippen LogP contribution is -2.43. The maximum absolute atomic E-state index is 13.0. The summed E-state index contributed by atoms with van der Waals surface area (Å²) in [5.74, 6) is 0.337. The van der Waals surface area contributed by atoms with Gasteiger partial charge in [0.05, 0.1) is 30.6 Å². The summed E-state index contributed by atoms with van der Waals surface area (Å²) in [5, 5.41) is 10.5. The molecule has 1 unspecified atom stereocenters. The molecule has 34 heavy (non-hydrogen) atoms. The minimum absolute atomic E-state index is 0.0728. The van der Waals surface area contributed by atoms with Gasteiger partial charge in [-0.3, -0.25) is 10.1 Å². The van der Waals surface area contributed by atoms with Gasteiger partial charge in [-0.1, -0.05) is 22.8 Å². The number of rotatable bonds is 7. The molecule has 2 heterocycles. The number of piperidine rings is 1. The lowest BCUT2D eigenvalue weighted by molar-refractivity contribution is -0.121. The second-order valence-electron chi connectivity index (χ2n) is 7.98. The number of ether oxygens (including phenoxy) is 2. The summed E-state index contributed by atoms with van der Waals surface area (Å²) in [6.07, 6.45) is 1.13. The zero-order chi connectivity index (χ0) is 24.3. The average Bonchev–Trinajstić information content (AvgIpc) is 3.32. The summed E-state index contributed by atoms with van der Waals surface area (Å²) in [5.41, 5.74) is 1.52. The SMILES string of the molecule is COc1ccc(-c2nnc(NC(=O)C3CCCN(S(=O)(=O)c4ccc(C)cc4)C3)o2)c(OC)c1. The number of hydrogen-bond donors (Lipinski definition) is 1. The smallest absolute Gasteiger partial charge is 0.322 e. The third-order valence-corrected chi connectivity index (χ3v) is 7.59. The minimum Gasteiger partial charge on any atom is -0.497 e. The van der Waals surface area contributed by atoms with Crippen molar-refractivity contribution in [1.29, 1.82) is 0 Å². The first-order valence-corrected chi connectivity index (χ1v) is 12.2. The van der Waals surface area contributed by atoms with Crippen LogP contribution in [0.4, 0.5) is 6.01 Å². The normalized spacial score (nSPS) is 16.7. The Morgan fingerprint density at radius 1 is 1.12 bits per heavy atom. The number of nitrogens with zero attached hydrogens (tertiary/aromatic N) is 3. The number of carbonyl (C=O) groups excluding carboxylic acids is 1. The highest BCUT2D eigenvalue weighted by Gasteiger charge is 2.34. The van der Waals surface area contributed by atoms with Crippen molar-refractivity contribution in [3.8, 4) is 23.0 Å². The number of sulfonamides is 1. The molecular formula is C23H26N4O6S. The third-order valence-electron chi connectivity index (χ3n) is 5.71. The topological polar surface area (TPSA) is 124 Å². The molecule has 0 radical (unpaired) electrons. The van der Waals surface area contributed by atoms with Crippen LogP contribution in [-0.4, -0.2) is 56.1 Å². The van der Waals surface area contributed by atoms with Gasteiger partial charge in [0.2, 0.25) is 15.9 Å². The fourth-order valence-corrected chi connectivity index (χ4v) is 5.32. The number of anilines is 1. The standard InChI is InChI=1S/C23H26N4O6S/c1-15-6-9-18(10-7-15)34(29,30)27-12-4-5-16(14-27)21(28)24-23-26-25-22(33-23)19-11-8-17(31-2)13-20(19)32-3/h6-11,13,16H,4-5,12,14H2,1-3H3,(H,24,26,28). The summed E-state index contributed by atoms with van der Waals surface area (Å²) < 4.78 is 43.6. The van der Waals surface area contributed by atoms with Gasteiger partial charge < -0.3 is 13.9 Å². The molecule has 1 N–H and O–H groups in total. The fraction of sp³-hybridized carbons (Fsp3) is 0.348. The molecule has 1 aliphatic heterocycles. The van der Waals surface area contributed by atoms with Gasteiger partial charge in [0.15, 0.2) is 0 Å². The monoisotopic (exact) mass is 486 g/mol. The maximum atomic E-state index is 13.0. The van der Waals surface area contributed by atoms with Crippen LogP contribution in [-0.2, 0) is 14.8 Å². The first-order chi connectivity index (χ1) is 16.3. The maximum Gasteiger partial charge on any atom is 0.322 e. The molecule has 180 valence electrons. The highest BCUT2D eigenvalue weighted by molar-refractivity contribution is 7.89. The van der Waals surface area contributed by atoms with Gasteiger partial charge in [0.1, 0.15) is 11.5 Å². The van der Waals surface area contributed by atoms with Gasteiger partial charge in [0, 0.05) is 19.2 Å². The van der Waals surface area contributed by atoms with Gasteiger partial charge in [-0.05, 0) is 44.0 Å². The molecule has 4 rings (SSSR count). The van der Waals surface area contributed by atoms with Crippen molar-refractivity contribution >= 4 is 21.9 Å². The molecule has 0 saturated carbocycles. The Morgan fingerprint density at radius 2 is 1.88 bits per heavy atom. The number of nitrogens with one attached hydrogen (secondary N) is 1. The van der Waals surface area contributed by atoms with E-state index in [9.17, 15) is 13.2 Å². The van der Waals surface area contributed by atoms with Crippen LogP contribution in [0.15, 0.2) is 51.8 Å². The molecule has 1 aliphatic rings. The van der Waals surface area contributed by atoms with Gasteiger partial charge in [0.25, 0.3) is 5.89 Å². The van der Waals surface area contributed by atoms with Crippen LogP contribution in [0.5, 0.6) is 11.5 Å². The number of aromatic nitrogens is 2. The molecule has 10 nitrogen and oxygen atoms in total. The summed E-state index contributed by atoms with van der Waals surface area (Å²) in [7, 11) is -0.626. The summed E-state index contributed by atoms with van der Waals surface area (Å²) in [6, 6.07) is 11.7. The van der Waals surface area contributed by atoms with Crippen molar-refractivity contribution in [2.45, 2.75) is 24.7 Å². The molecule has 1 saturated heterocycles. The summed E-state index contributed by atoms with van der Waals surface area (Å²) in [6.45, 7) is 2.34. The predicted octanol–water partition coefficient (Wildman–Crippen LogP) is 3.10. The van der Waals surface area contributed by atoms with Gasteiger partial charge in [-0.2, -0.15) is 4.31 Å². The van der Waals surface area contributed by atoms with Crippen LogP contribution in [0.2, 0.25) is 0 Å². The van der Waals surface area contributed by atoms with Crippen molar-refractivity contribution in [3.05, 3.63) is 48.0 Å². The zero-order valence-corrected chi connectivity index (χ0v) is 20.0. The third kappa shape index (κ3) is 4.90. The average molecular weight is 487 g/mol. The Kier molecular flexibility index (Phi) is 6.85. The second-order valence-corrected chi connectivity index (χ2v) is 9.92. The Labute approximate surface area is 197 Å². The molecule has 1 atom stereocenters. The minimum atomic E-state index is -3.69. The van der Waals surface area contributed by atoms with E-state index in [0.29, 0.717) is 36.4 Å². The summed E-state index contributed by atoms with van der Waals surface area (Å²) >= 11 is 0. The van der Waals surface area contributed by atoms with Crippen molar-refractivity contribution in [2.24, 2.45) is 5.92 Å². The molecule has 11 heteroatoms. The Bertz CT molecular complexity index is 1270. The quantitative estimate of drug-likeness (QED) is 0.540. The second kappa shape index (κ2) is 9.82. The first kappa shape index (κ1) is 23.7. The zero-order valence-electron chi connectivity index (χ0n) is 19.1. The van der Waals surface area contributed by atoms with E-state index in [4.69, 9.17) is 13.9 Å². The Hall–Kier alpha value is -3.44. The predicted molar refractivity (Wildman–Crippen MR) is 124 cm³/mol. The van der Waals surface area contributed by atoms with Crippen molar-refractivity contribution in [2.75, 3.05) is 32.6 Å². The first-order valence-electron chi connectivity index (χ1n) is 10.8. The lowest BCUT2D eigenvalue weighted by Gasteiger charge is -2.30. The highest BCUT2D eigenvalue weighted by atomic mass is 32.2. The largest absolute Gasteiger partial charge is 0.497 e. The molecule has 0 spiro atoms. The van der Waals surface area contributed by atoms with Gasteiger partial charge in [-0.25, -0.2) is 8.42 Å². The van der Waals surface area contributed by atoms with Gasteiger partial charge in [-0.15, -0.1) is 5.10 Å². The molecule has 1 aromatic heterocycles. The number of methoxy groups -OCH3 is 2. The Morgan fingerprint density at radius 3 is 2.59 bits per heavy atom. The highest BCUT2D eigenvalue weighted by Crippen LogP contribution is 2.33. The molecule has 0 aliphatic carbocycles. The van der Waals surface area contributed by atoms with Crippen molar-refractivity contribution in [1.82, 2.24) is 14.5 Å². The van der Waals surface area contributed by atoms with Crippen molar-refractivity contribution in [3.63, 3.8) is 0 Å². The molecule has 1 fully saturated rings. The fourth-order valence-electron chi connectivity index (χ4n) is 3.80. The van der Waals surface area contributed by atoms with E-state index in [2.05, 4.69) is 15.5 Å². The van der Waals surface area contributed by atoms with Crippen molar-refractivity contribution < 1.29 is 27.1 Å². The lowest BCUT2D eigenvalue weighted by atomic mass is 9.99. The van der Waals surface area contributed by atoms with E-state index in [1.54, 1.807) is 49.6 Å². The van der Waals surface area contributed by atoms with Crippen LogP contribution in [0.3, 0.4) is 0 Å². The summed E-state index contributed by atoms with van der Waals surface area (Å²) in [4.78, 5) is 13.1. The molecule has 2 aromatic carbocycles. The van der Waals surface area contributed by atoms with Crippen LogP contribution in [0, 0.1) is 12.8 Å². The Balaban J connectivity index is 1.45. The van der Waals surface area contributed by atoms with Gasteiger partial charge >= 0.3 is 6.01 Å². The number of benzene rings is 2. The van der Waals surface area contributed by atoms with E-state index in [-0.39, 0.29) is 29.3 Å². The number of hydrogen-bond acceptors (Lipinski definition) is 8. The van der Waals surface area contributed by atoms with E-state index in [1.165, 1.54) is 11.4 Å². The van der Waals surface area contributed by atoms with Crippen LogP contribution < -0.4 is 14.8 Å². The van der Waals surface area contributed by atoms with E-state index in [0.717, 1.165) is 5.56 Å². The van der Waals surface area contributed by atoms with Crippen LogP contribution in [0.25, 0.3) is 11.5 Å². The molecular weight excluding hydrogens is 460 g/mol. The number of aryl methyl sites for hydroxylation is 1. The van der Waals surface area contributed by atoms with E-state index < -0.39 is 15.9 Å². The number of carbonyl (C=O) groups is 1.